The minimum absolute atomic E-state index is 0.168. The summed E-state index contributed by atoms with van der Waals surface area (Å²) in [5.41, 5.74) is 2.04. The van der Waals surface area contributed by atoms with Crippen molar-refractivity contribution in [3.63, 3.8) is 0 Å². The van der Waals surface area contributed by atoms with Crippen molar-refractivity contribution in [1.29, 1.82) is 0 Å². The van der Waals surface area contributed by atoms with Gasteiger partial charge in [0.05, 0.1) is 0 Å². The van der Waals surface area contributed by atoms with E-state index in [2.05, 4.69) is 4.98 Å². The van der Waals surface area contributed by atoms with Gasteiger partial charge in [0.1, 0.15) is 22.8 Å². The van der Waals surface area contributed by atoms with Crippen LogP contribution in [-0.4, -0.2) is 10.1 Å². The lowest BCUT2D eigenvalue weighted by Gasteiger charge is -2.04. The highest BCUT2D eigenvalue weighted by atomic mass is 35.5. The molecule has 0 unspecified atom stereocenters. The Hall–Kier alpha value is -2.98. The molecule has 5 heteroatoms. The maximum absolute atomic E-state index is 9.58. The monoisotopic (exact) mass is 337 g/mol. The molecule has 1 heterocycles. The molecule has 0 saturated carbocycles. The third kappa shape index (κ3) is 2.92. The topological polar surface area (TPSA) is 55.5 Å². The van der Waals surface area contributed by atoms with Gasteiger partial charge >= 0.3 is 0 Å². The van der Waals surface area contributed by atoms with Crippen molar-refractivity contribution in [2.45, 2.75) is 0 Å². The molecule has 4 nitrogen and oxygen atoms in total. The van der Waals surface area contributed by atoms with Gasteiger partial charge in [0, 0.05) is 16.7 Å². The average molecular weight is 338 g/mol. The molecule has 0 spiro atoms. The van der Waals surface area contributed by atoms with Crippen LogP contribution < -0.4 is 4.74 Å². The predicted molar refractivity (Wildman–Crippen MR) is 92.6 cm³/mol. The second kappa shape index (κ2) is 5.91. The first-order chi connectivity index (χ1) is 11.7. The summed E-state index contributed by atoms with van der Waals surface area (Å²) >= 11 is 5.87. The van der Waals surface area contributed by atoms with Crippen molar-refractivity contribution >= 4 is 22.7 Å². The summed E-state index contributed by atoms with van der Waals surface area (Å²) in [5.74, 6) is 1.95. The van der Waals surface area contributed by atoms with Gasteiger partial charge in [0.15, 0.2) is 5.58 Å². The van der Waals surface area contributed by atoms with Crippen LogP contribution in [0.25, 0.3) is 22.6 Å². The summed E-state index contributed by atoms with van der Waals surface area (Å²) in [6.07, 6.45) is 0. The normalized spacial score (nSPS) is 10.9. The zero-order valence-corrected chi connectivity index (χ0v) is 13.2. The molecule has 0 amide bonds. The van der Waals surface area contributed by atoms with E-state index in [0.29, 0.717) is 33.6 Å². The van der Waals surface area contributed by atoms with Gasteiger partial charge in [0.2, 0.25) is 5.89 Å². The van der Waals surface area contributed by atoms with Gasteiger partial charge in [-0.15, -0.1) is 0 Å². The molecule has 24 heavy (non-hydrogen) atoms. The van der Waals surface area contributed by atoms with Crippen molar-refractivity contribution in [2.24, 2.45) is 0 Å². The molecule has 1 aromatic heterocycles. The highest BCUT2D eigenvalue weighted by Crippen LogP contribution is 2.30. The molecular formula is C19H12ClNO3. The quantitative estimate of drug-likeness (QED) is 0.525. The number of benzene rings is 3. The van der Waals surface area contributed by atoms with Crippen molar-refractivity contribution in [2.75, 3.05) is 0 Å². The molecule has 4 rings (SSSR count). The number of phenols is 1. The zero-order chi connectivity index (χ0) is 16.5. The van der Waals surface area contributed by atoms with Gasteiger partial charge in [-0.1, -0.05) is 17.7 Å². The lowest BCUT2D eigenvalue weighted by molar-refractivity contribution is 0.475. The Balaban J connectivity index is 1.67. The molecule has 0 aliphatic carbocycles. The third-order valence-corrected chi connectivity index (χ3v) is 3.75. The number of halogens is 1. The highest BCUT2D eigenvalue weighted by Gasteiger charge is 2.10. The molecule has 4 aromatic rings. The van der Waals surface area contributed by atoms with Gasteiger partial charge in [-0.25, -0.2) is 4.98 Å². The Morgan fingerprint density at radius 1 is 0.917 bits per heavy atom. The first kappa shape index (κ1) is 14.6. The minimum atomic E-state index is 0.168. The van der Waals surface area contributed by atoms with Crippen LogP contribution in [0, 0.1) is 0 Å². The Morgan fingerprint density at radius 3 is 2.50 bits per heavy atom. The molecule has 1 N–H and O–H groups in total. The van der Waals surface area contributed by atoms with E-state index in [4.69, 9.17) is 20.8 Å². The first-order valence-corrected chi connectivity index (χ1v) is 7.69. The Labute approximate surface area is 142 Å². The fourth-order valence-corrected chi connectivity index (χ4v) is 2.50. The van der Waals surface area contributed by atoms with Crippen LogP contribution in [0.1, 0.15) is 0 Å². The molecule has 0 bridgehead atoms. The lowest BCUT2D eigenvalue weighted by atomic mass is 10.2. The van der Waals surface area contributed by atoms with E-state index >= 15 is 0 Å². The van der Waals surface area contributed by atoms with Crippen molar-refractivity contribution in [3.05, 3.63) is 71.8 Å². The van der Waals surface area contributed by atoms with Crippen molar-refractivity contribution in [3.8, 4) is 28.7 Å². The standard InChI is InChI=1S/C19H12ClNO3/c20-13-4-6-15(7-5-13)23-16-8-9-17-18(11-16)24-19(21-17)12-2-1-3-14(22)10-12/h1-11,22H. The maximum atomic E-state index is 9.58. The number of hydrogen-bond acceptors (Lipinski definition) is 4. The number of phenolic OH excluding ortho intramolecular Hbond substituents is 1. The molecule has 0 aliphatic heterocycles. The van der Waals surface area contributed by atoms with Gasteiger partial charge in [-0.05, 0) is 54.6 Å². The smallest absolute Gasteiger partial charge is 0.227 e. The first-order valence-electron chi connectivity index (χ1n) is 7.31. The van der Waals surface area contributed by atoms with Gasteiger partial charge in [0.25, 0.3) is 0 Å². The lowest BCUT2D eigenvalue weighted by Crippen LogP contribution is -1.83. The molecular weight excluding hydrogens is 326 g/mol. The van der Waals surface area contributed by atoms with E-state index in [1.165, 1.54) is 0 Å². The summed E-state index contributed by atoms with van der Waals surface area (Å²) in [7, 11) is 0. The van der Waals surface area contributed by atoms with E-state index in [1.54, 1.807) is 48.5 Å². The van der Waals surface area contributed by atoms with E-state index in [-0.39, 0.29) is 5.75 Å². The SMILES string of the molecule is Oc1cccc(-c2nc3ccc(Oc4ccc(Cl)cc4)cc3o2)c1. The number of oxazole rings is 1. The third-order valence-electron chi connectivity index (χ3n) is 3.50. The second-order valence-electron chi connectivity index (χ2n) is 5.25. The van der Waals surface area contributed by atoms with Gasteiger partial charge in [-0.3, -0.25) is 0 Å². The fourth-order valence-electron chi connectivity index (χ4n) is 2.37. The van der Waals surface area contributed by atoms with E-state index in [9.17, 15) is 5.11 Å². The second-order valence-corrected chi connectivity index (χ2v) is 5.69. The summed E-state index contributed by atoms with van der Waals surface area (Å²) in [6, 6.07) is 19.3. The van der Waals surface area contributed by atoms with Crippen LogP contribution in [0.15, 0.2) is 71.1 Å². The van der Waals surface area contributed by atoms with Crippen LogP contribution in [0.4, 0.5) is 0 Å². The number of aromatic hydroxyl groups is 1. The number of ether oxygens (including phenoxy) is 1. The van der Waals surface area contributed by atoms with E-state index in [0.717, 1.165) is 5.52 Å². The Morgan fingerprint density at radius 2 is 1.71 bits per heavy atom. The molecule has 0 saturated heterocycles. The average Bonchev–Trinajstić information content (AvgIpc) is 3.00. The summed E-state index contributed by atoms with van der Waals surface area (Å²) in [6.45, 7) is 0. The zero-order valence-electron chi connectivity index (χ0n) is 12.4. The van der Waals surface area contributed by atoms with Gasteiger partial charge in [-0.2, -0.15) is 0 Å². The maximum Gasteiger partial charge on any atom is 0.227 e. The number of aromatic nitrogens is 1. The molecule has 0 aliphatic rings. The molecule has 3 aromatic carbocycles. The summed E-state index contributed by atoms with van der Waals surface area (Å²) < 4.78 is 11.6. The van der Waals surface area contributed by atoms with Crippen LogP contribution in [-0.2, 0) is 0 Å². The van der Waals surface area contributed by atoms with Crippen molar-refractivity contribution in [1.82, 2.24) is 4.98 Å². The van der Waals surface area contributed by atoms with Crippen LogP contribution in [0.5, 0.6) is 17.2 Å². The van der Waals surface area contributed by atoms with Crippen molar-refractivity contribution < 1.29 is 14.3 Å². The van der Waals surface area contributed by atoms with E-state index in [1.807, 2.05) is 18.2 Å². The molecule has 0 fully saturated rings. The van der Waals surface area contributed by atoms with Gasteiger partial charge < -0.3 is 14.3 Å². The van der Waals surface area contributed by atoms with Crippen LogP contribution in [0.2, 0.25) is 5.02 Å². The predicted octanol–water partition coefficient (Wildman–Crippen LogP) is 5.65. The van der Waals surface area contributed by atoms with Crippen LogP contribution in [0.3, 0.4) is 0 Å². The molecule has 0 atom stereocenters. The Bertz CT molecular complexity index is 1010. The highest BCUT2D eigenvalue weighted by molar-refractivity contribution is 6.30. The number of fused-ring (bicyclic) bond motifs is 1. The largest absolute Gasteiger partial charge is 0.508 e. The number of hydrogen-bond donors (Lipinski definition) is 1. The molecule has 118 valence electrons. The minimum Gasteiger partial charge on any atom is -0.508 e. The number of nitrogens with zero attached hydrogens (tertiary/aromatic N) is 1. The van der Waals surface area contributed by atoms with E-state index < -0.39 is 0 Å². The Kier molecular flexibility index (Phi) is 3.59. The van der Waals surface area contributed by atoms with Crippen LogP contribution >= 0.6 is 11.6 Å². The summed E-state index contributed by atoms with van der Waals surface area (Å²) in [5, 5.41) is 10.2. The summed E-state index contributed by atoms with van der Waals surface area (Å²) in [4.78, 5) is 4.43. The fraction of sp³-hybridized carbons (Fsp3) is 0. The number of rotatable bonds is 3. The molecule has 0 radical (unpaired) electrons.